The first-order valence-corrected chi connectivity index (χ1v) is 11.4. The molecule has 0 spiro atoms. The first kappa shape index (κ1) is 21.5. The van der Waals surface area contributed by atoms with Gasteiger partial charge in [-0.2, -0.15) is 4.98 Å². The van der Waals surface area contributed by atoms with E-state index < -0.39 is 0 Å². The normalized spacial score (nSPS) is 11.2. The van der Waals surface area contributed by atoms with Gasteiger partial charge < -0.3 is 4.74 Å². The lowest BCUT2D eigenvalue weighted by Gasteiger charge is -2.06. The van der Waals surface area contributed by atoms with E-state index in [9.17, 15) is 9.18 Å². The molecule has 5 rings (SSSR count). The summed E-state index contributed by atoms with van der Waals surface area (Å²) in [6, 6.07) is 23.6. The van der Waals surface area contributed by atoms with E-state index in [2.05, 4.69) is 15.4 Å². The van der Waals surface area contributed by atoms with Crippen molar-refractivity contribution in [3.63, 3.8) is 0 Å². The zero-order valence-electron chi connectivity index (χ0n) is 17.9. The summed E-state index contributed by atoms with van der Waals surface area (Å²) in [4.78, 5) is 17.3. The van der Waals surface area contributed by atoms with Crippen LogP contribution in [0.4, 0.5) is 10.3 Å². The van der Waals surface area contributed by atoms with Gasteiger partial charge in [-0.15, -0.1) is 16.4 Å². The Hall–Kier alpha value is -4.30. The number of fused-ring (bicyclic) bond motifs is 1. The maximum atomic E-state index is 13.2. The highest BCUT2D eigenvalue weighted by Gasteiger charge is 2.12. The number of benzene rings is 3. The fraction of sp³-hybridized carbons (Fsp3) is 0.0385. The molecule has 0 aliphatic carbocycles. The summed E-state index contributed by atoms with van der Waals surface area (Å²) in [6.45, 7) is 0.496. The number of nitrogens with zero attached hydrogens (tertiary/aromatic N) is 3. The predicted molar refractivity (Wildman–Crippen MR) is 131 cm³/mol. The zero-order chi connectivity index (χ0) is 23.3. The minimum absolute atomic E-state index is 0.203. The van der Waals surface area contributed by atoms with Crippen molar-refractivity contribution in [2.45, 2.75) is 6.61 Å². The topological polar surface area (TPSA) is 68.5 Å². The zero-order valence-corrected chi connectivity index (χ0v) is 18.7. The molecule has 0 saturated heterocycles. The summed E-state index contributed by atoms with van der Waals surface area (Å²) in [5.41, 5.74) is 3.55. The van der Waals surface area contributed by atoms with Crippen LogP contribution in [0.3, 0.4) is 0 Å². The van der Waals surface area contributed by atoms with Crippen LogP contribution in [-0.2, 0) is 11.4 Å². The van der Waals surface area contributed by atoms with Crippen molar-refractivity contribution in [1.29, 1.82) is 0 Å². The Morgan fingerprint density at radius 2 is 1.79 bits per heavy atom. The molecule has 0 aliphatic rings. The number of aromatic nitrogens is 3. The number of amides is 1. The number of nitrogens with one attached hydrogen (secondary N) is 1. The molecule has 6 nitrogen and oxygen atoms in total. The molecule has 0 atom stereocenters. The molecule has 1 amide bonds. The Morgan fingerprint density at radius 3 is 2.56 bits per heavy atom. The second-order valence-corrected chi connectivity index (χ2v) is 8.26. The second kappa shape index (κ2) is 9.68. The maximum absolute atomic E-state index is 13.2. The summed E-state index contributed by atoms with van der Waals surface area (Å²) in [6.07, 6.45) is 3.13. The van der Waals surface area contributed by atoms with Crippen molar-refractivity contribution in [3.05, 3.63) is 107 Å². The molecular weight excluding hydrogens is 451 g/mol. The van der Waals surface area contributed by atoms with Gasteiger partial charge in [0.2, 0.25) is 4.96 Å². The number of rotatable bonds is 7. The largest absolute Gasteiger partial charge is 0.489 e. The Kier molecular flexibility index (Phi) is 6.13. The van der Waals surface area contributed by atoms with Crippen LogP contribution >= 0.6 is 11.3 Å². The molecule has 0 radical (unpaired) electrons. The van der Waals surface area contributed by atoms with Crippen LogP contribution in [0.25, 0.3) is 22.3 Å². The van der Waals surface area contributed by atoms with Crippen molar-refractivity contribution < 1.29 is 13.9 Å². The summed E-state index contributed by atoms with van der Waals surface area (Å²) in [5, 5.41) is 8.93. The lowest BCUT2D eigenvalue weighted by atomic mass is 10.2. The van der Waals surface area contributed by atoms with Gasteiger partial charge in [0.1, 0.15) is 18.2 Å². The van der Waals surface area contributed by atoms with Crippen molar-refractivity contribution in [3.8, 4) is 17.0 Å². The molecule has 0 bridgehead atoms. The lowest BCUT2D eigenvalue weighted by Crippen LogP contribution is -2.09. The van der Waals surface area contributed by atoms with Crippen molar-refractivity contribution >= 4 is 34.2 Å². The van der Waals surface area contributed by atoms with Gasteiger partial charge in [0.25, 0.3) is 11.9 Å². The SMILES string of the molecule is O=C(/C=C/c1ccc(OCc2ccccc2)cc1)Nc1nc2scc(-c3ccc(F)cc3)n2n1. The van der Waals surface area contributed by atoms with Crippen molar-refractivity contribution in [2.75, 3.05) is 5.32 Å². The van der Waals surface area contributed by atoms with Gasteiger partial charge in [-0.25, -0.2) is 8.91 Å². The van der Waals surface area contributed by atoms with Gasteiger partial charge in [-0.1, -0.05) is 42.5 Å². The molecule has 0 fully saturated rings. The molecule has 0 unspecified atom stereocenters. The molecule has 34 heavy (non-hydrogen) atoms. The van der Waals surface area contributed by atoms with Crippen molar-refractivity contribution in [2.24, 2.45) is 0 Å². The highest BCUT2D eigenvalue weighted by atomic mass is 32.1. The first-order valence-electron chi connectivity index (χ1n) is 10.5. The summed E-state index contributed by atoms with van der Waals surface area (Å²) >= 11 is 1.39. The first-order chi connectivity index (χ1) is 16.6. The minimum atomic E-state index is -0.342. The molecule has 2 aromatic heterocycles. The van der Waals surface area contributed by atoms with Crippen LogP contribution in [-0.4, -0.2) is 20.5 Å². The summed E-state index contributed by atoms with van der Waals surface area (Å²) in [5.74, 6) is 0.313. The smallest absolute Gasteiger partial charge is 0.250 e. The summed E-state index contributed by atoms with van der Waals surface area (Å²) in [7, 11) is 0. The van der Waals surface area contributed by atoms with Gasteiger partial charge in [0, 0.05) is 17.0 Å². The van der Waals surface area contributed by atoms with Crippen LogP contribution in [0.1, 0.15) is 11.1 Å². The fourth-order valence-corrected chi connectivity index (χ4v) is 4.12. The third-order valence-electron chi connectivity index (χ3n) is 5.01. The van der Waals surface area contributed by atoms with Crippen LogP contribution in [0.15, 0.2) is 90.3 Å². The second-order valence-electron chi connectivity index (χ2n) is 7.42. The molecule has 8 heteroatoms. The molecular formula is C26H19FN4O2S. The number of halogens is 1. The van der Waals surface area contributed by atoms with E-state index in [0.717, 1.165) is 28.1 Å². The van der Waals surface area contributed by atoms with E-state index in [0.29, 0.717) is 11.6 Å². The van der Waals surface area contributed by atoms with E-state index in [1.807, 2.05) is 60.0 Å². The van der Waals surface area contributed by atoms with Gasteiger partial charge in [-0.05, 0) is 53.6 Å². The predicted octanol–water partition coefficient (Wildman–Crippen LogP) is 5.83. The summed E-state index contributed by atoms with van der Waals surface area (Å²) < 4.78 is 20.6. The molecule has 2 heterocycles. The third-order valence-corrected chi connectivity index (χ3v) is 5.83. The Morgan fingerprint density at radius 1 is 1.03 bits per heavy atom. The number of thiazole rings is 1. The van der Waals surface area contributed by atoms with E-state index in [1.165, 1.54) is 29.5 Å². The Bertz CT molecular complexity index is 1440. The highest BCUT2D eigenvalue weighted by molar-refractivity contribution is 7.15. The number of hydrogen-bond acceptors (Lipinski definition) is 5. The highest BCUT2D eigenvalue weighted by Crippen LogP contribution is 2.26. The number of carbonyl (C=O) groups excluding carboxylic acids is 1. The molecule has 0 aliphatic heterocycles. The maximum Gasteiger partial charge on any atom is 0.250 e. The third kappa shape index (κ3) is 5.02. The lowest BCUT2D eigenvalue weighted by molar-refractivity contribution is -0.111. The van der Waals surface area contributed by atoms with Crippen molar-refractivity contribution in [1.82, 2.24) is 14.6 Å². The van der Waals surface area contributed by atoms with Crippen LogP contribution in [0, 0.1) is 5.82 Å². The molecule has 168 valence electrons. The minimum Gasteiger partial charge on any atom is -0.489 e. The number of ether oxygens (including phenoxy) is 1. The van der Waals surface area contributed by atoms with E-state index in [4.69, 9.17) is 4.74 Å². The van der Waals surface area contributed by atoms with Gasteiger partial charge in [0.15, 0.2) is 0 Å². The molecule has 5 aromatic rings. The van der Waals surface area contributed by atoms with Gasteiger partial charge in [0.05, 0.1) is 5.69 Å². The van der Waals surface area contributed by atoms with E-state index >= 15 is 0 Å². The monoisotopic (exact) mass is 470 g/mol. The quantitative estimate of drug-likeness (QED) is 0.304. The van der Waals surface area contributed by atoms with E-state index in [-0.39, 0.29) is 17.7 Å². The standard InChI is InChI=1S/C26H19FN4O2S/c27-21-11-9-20(10-12-21)23-17-34-26-29-25(30-31(23)26)28-24(32)15-8-18-6-13-22(14-7-18)33-16-19-4-2-1-3-5-19/h1-15,17H,16H2,(H,28,30,32)/b15-8+. The fourth-order valence-electron chi connectivity index (χ4n) is 3.29. The van der Waals surface area contributed by atoms with Crippen LogP contribution in [0.2, 0.25) is 0 Å². The van der Waals surface area contributed by atoms with Crippen LogP contribution < -0.4 is 10.1 Å². The average Bonchev–Trinajstić information content (AvgIpc) is 3.44. The number of carbonyl (C=O) groups is 1. The molecule has 3 aromatic carbocycles. The van der Waals surface area contributed by atoms with Crippen LogP contribution in [0.5, 0.6) is 5.75 Å². The molecule has 0 saturated carbocycles. The van der Waals surface area contributed by atoms with Gasteiger partial charge in [-0.3, -0.25) is 10.1 Å². The van der Waals surface area contributed by atoms with E-state index in [1.54, 1.807) is 22.7 Å². The molecule has 1 N–H and O–H groups in total. The van der Waals surface area contributed by atoms with Gasteiger partial charge >= 0.3 is 0 Å². The Balaban J connectivity index is 1.20. The number of hydrogen-bond donors (Lipinski definition) is 1. The Labute approximate surface area is 199 Å². The average molecular weight is 471 g/mol. The number of anilines is 1.